The molecule has 30 heavy (non-hydrogen) atoms. The van der Waals surface area contributed by atoms with Crippen LogP contribution in [0.15, 0.2) is 48.5 Å². The van der Waals surface area contributed by atoms with Gasteiger partial charge in [-0.3, -0.25) is 4.79 Å². The fraction of sp³-hybridized carbons (Fsp3) is 0.381. The number of nitrogens with one attached hydrogen (secondary N) is 1. The third kappa shape index (κ3) is 4.56. The maximum atomic E-state index is 11.8. The van der Waals surface area contributed by atoms with Gasteiger partial charge in [-0.2, -0.15) is 0 Å². The summed E-state index contributed by atoms with van der Waals surface area (Å²) in [5, 5.41) is 14.5. The fourth-order valence-electron chi connectivity index (χ4n) is 3.56. The highest BCUT2D eigenvalue weighted by molar-refractivity contribution is 6.35. The smallest absolute Gasteiger partial charge is 0.223 e. The van der Waals surface area contributed by atoms with E-state index in [9.17, 15) is 9.90 Å². The molecule has 2 heterocycles. The first-order valence-electron chi connectivity index (χ1n) is 9.46. The van der Waals surface area contributed by atoms with Crippen LogP contribution in [0.2, 0.25) is 10.0 Å². The number of halogens is 2. The number of aliphatic hydroxyl groups excluding tert-OH is 1. The zero-order valence-electron chi connectivity index (χ0n) is 16.0. The molecule has 0 radical (unpaired) electrons. The first kappa shape index (κ1) is 21.4. The number of fused-ring (bicyclic) bond motifs is 1. The number of hydrogen-bond acceptors (Lipinski definition) is 6. The molecular weight excluding hydrogens is 433 g/mol. The second kappa shape index (κ2) is 9.09. The number of carbonyl (C=O) groups excluding carboxylic acids is 1. The second-order valence-corrected chi connectivity index (χ2v) is 7.97. The molecule has 0 saturated carbocycles. The van der Waals surface area contributed by atoms with E-state index >= 15 is 0 Å². The lowest BCUT2D eigenvalue weighted by atomic mass is 9.95. The van der Waals surface area contributed by atoms with E-state index in [1.165, 1.54) is 13.0 Å². The van der Waals surface area contributed by atoms with Gasteiger partial charge in [0.25, 0.3) is 0 Å². The number of ether oxygens (including phenoxy) is 4. The Morgan fingerprint density at radius 1 is 1.17 bits per heavy atom. The largest absolute Gasteiger partial charge is 0.461 e. The van der Waals surface area contributed by atoms with Crippen LogP contribution in [0.3, 0.4) is 0 Å². The van der Waals surface area contributed by atoms with E-state index < -0.39 is 36.9 Å². The molecule has 0 aliphatic carbocycles. The van der Waals surface area contributed by atoms with Crippen molar-refractivity contribution in [3.63, 3.8) is 0 Å². The molecule has 2 N–H and O–H groups in total. The standard InChI is InChI=1S/C21H21Cl2NO6/c1-11(25)24-17-18(26)19-16(10-27-20(30-19)12-5-3-2-4-6-12)29-21(17)28-15-8-7-13(22)9-14(15)23/h2-9,16-21,26H,10H2,1H3,(H,24,25)/t16-,17+,18+,19-,20+,21-/m1/s1. The molecule has 2 fully saturated rings. The van der Waals surface area contributed by atoms with Gasteiger partial charge < -0.3 is 29.4 Å². The number of aliphatic hydroxyl groups is 1. The highest BCUT2D eigenvalue weighted by Crippen LogP contribution is 2.36. The van der Waals surface area contributed by atoms with E-state index in [1.807, 2.05) is 30.3 Å². The van der Waals surface area contributed by atoms with Gasteiger partial charge in [0.05, 0.1) is 11.6 Å². The summed E-state index contributed by atoms with van der Waals surface area (Å²) in [6, 6.07) is 13.3. The van der Waals surface area contributed by atoms with Crippen molar-refractivity contribution in [2.24, 2.45) is 0 Å². The SMILES string of the molecule is CC(=O)N[C@@H]1[C@H](Oc2ccc(Cl)cc2Cl)O[C@@H]2CO[C@H](c3ccccc3)O[C@H]2[C@H]1O. The third-order valence-electron chi connectivity index (χ3n) is 4.94. The molecule has 0 unspecified atom stereocenters. The van der Waals surface area contributed by atoms with Gasteiger partial charge in [0.2, 0.25) is 12.2 Å². The summed E-state index contributed by atoms with van der Waals surface area (Å²) in [7, 11) is 0. The van der Waals surface area contributed by atoms with E-state index in [4.69, 9.17) is 42.1 Å². The molecule has 160 valence electrons. The van der Waals surface area contributed by atoms with Crippen molar-refractivity contribution in [1.29, 1.82) is 0 Å². The molecule has 0 bridgehead atoms. The summed E-state index contributed by atoms with van der Waals surface area (Å²) < 4.78 is 23.7. The normalized spacial score (nSPS) is 30.9. The predicted octanol–water partition coefficient (Wildman–Crippen LogP) is 3.08. The number of hydrogen-bond donors (Lipinski definition) is 2. The minimum atomic E-state index is -1.10. The minimum Gasteiger partial charge on any atom is -0.461 e. The van der Waals surface area contributed by atoms with Crippen molar-refractivity contribution in [3.05, 3.63) is 64.1 Å². The Morgan fingerprint density at radius 2 is 1.93 bits per heavy atom. The van der Waals surface area contributed by atoms with Crippen LogP contribution in [0.5, 0.6) is 5.75 Å². The molecule has 2 aromatic carbocycles. The Morgan fingerprint density at radius 3 is 2.63 bits per heavy atom. The molecule has 2 aromatic rings. The molecule has 2 aliphatic rings. The summed E-state index contributed by atoms with van der Waals surface area (Å²) >= 11 is 12.1. The van der Waals surface area contributed by atoms with Crippen molar-refractivity contribution >= 4 is 29.1 Å². The Balaban J connectivity index is 1.55. The van der Waals surface area contributed by atoms with Gasteiger partial charge in [-0.05, 0) is 18.2 Å². The van der Waals surface area contributed by atoms with Crippen molar-refractivity contribution in [2.75, 3.05) is 6.61 Å². The van der Waals surface area contributed by atoms with Crippen LogP contribution in [0.1, 0.15) is 18.8 Å². The van der Waals surface area contributed by atoms with E-state index in [0.29, 0.717) is 10.8 Å². The molecule has 6 atom stereocenters. The zero-order chi connectivity index (χ0) is 21.3. The minimum absolute atomic E-state index is 0.183. The average Bonchev–Trinajstić information content (AvgIpc) is 2.73. The van der Waals surface area contributed by atoms with E-state index in [0.717, 1.165) is 5.56 Å². The lowest BCUT2D eigenvalue weighted by Gasteiger charge is -2.47. The number of amides is 1. The summed E-state index contributed by atoms with van der Waals surface area (Å²) in [5.41, 5.74) is 0.825. The summed E-state index contributed by atoms with van der Waals surface area (Å²) in [4.78, 5) is 11.8. The molecule has 2 aliphatic heterocycles. The van der Waals surface area contributed by atoms with E-state index in [2.05, 4.69) is 5.32 Å². The maximum Gasteiger partial charge on any atom is 0.223 e. The molecule has 0 spiro atoms. The number of benzene rings is 2. The summed E-state index contributed by atoms with van der Waals surface area (Å²) in [6.07, 6.45) is -4.07. The zero-order valence-corrected chi connectivity index (χ0v) is 17.5. The van der Waals surface area contributed by atoms with Crippen molar-refractivity contribution in [3.8, 4) is 5.75 Å². The van der Waals surface area contributed by atoms with Gasteiger partial charge in [-0.1, -0.05) is 53.5 Å². The van der Waals surface area contributed by atoms with E-state index in [1.54, 1.807) is 12.1 Å². The van der Waals surface area contributed by atoms with Crippen LogP contribution in [0.4, 0.5) is 0 Å². The highest BCUT2D eigenvalue weighted by atomic mass is 35.5. The summed E-state index contributed by atoms with van der Waals surface area (Å²) in [6.45, 7) is 1.53. The van der Waals surface area contributed by atoms with Gasteiger partial charge in [0.15, 0.2) is 6.29 Å². The van der Waals surface area contributed by atoms with Gasteiger partial charge in [-0.25, -0.2) is 0 Å². The number of rotatable bonds is 4. The maximum absolute atomic E-state index is 11.8. The Hall–Kier alpha value is -1.87. The van der Waals surface area contributed by atoms with Crippen LogP contribution in [-0.4, -0.2) is 48.3 Å². The topological polar surface area (TPSA) is 86.3 Å². The average molecular weight is 454 g/mol. The van der Waals surface area contributed by atoms with Crippen molar-refractivity contribution in [1.82, 2.24) is 5.32 Å². The molecule has 1 amide bonds. The number of carbonyl (C=O) groups is 1. The van der Waals surface area contributed by atoms with Crippen molar-refractivity contribution < 1.29 is 28.8 Å². The fourth-order valence-corrected chi connectivity index (χ4v) is 4.01. The van der Waals surface area contributed by atoms with Crippen LogP contribution in [0.25, 0.3) is 0 Å². The lowest BCUT2D eigenvalue weighted by Crippen LogP contribution is -2.67. The Kier molecular flexibility index (Phi) is 6.48. The highest BCUT2D eigenvalue weighted by Gasteiger charge is 2.50. The second-order valence-electron chi connectivity index (χ2n) is 7.13. The molecular formula is C21H21Cl2NO6. The first-order valence-corrected chi connectivity index (χ1v) is 10.2. The van der Waals surface area contributed by atoms with E-state index in [-0.39, 0.29) is 17.5 Å². The molecule has 2 saturated heterocycles. The Labute approximate surface area is 183 Å². The van der Waals surface area contributed by atoms with Crippen LogP contribution in [-0.2, 0) is 19.0 Å². The lowest BCUT2D eigenvalue weighted by molar-refractivity contribution is -0.333. The predicted molar refractivity (Wildman–Crippen MR) is 109 cm³/mol. The van der Waals surface area contributed by atoms with Gasteiger partial charge >= 0.3 is 0 Å². The molecule has 0 aromatic heterocycles. The van der Waals surface area contributed by atoms with Crippen LogP contribution in [0, 0.1) is 0 Å². The van der Waals surface area contributed by atoms with Crippen LogP contribution < -0.4 is 10.1 Å². The van der Waals surface area contributed by atoms with Gasteiger partial charge in [0, 0.05) is 17.5 Å². The van der Waals surface area contributed by atoms with Crippen molar-refractivity contribution in [2.45, 2.75) is 43.9 Å². The molecule has 4 rings (SSSR count). The quantitative estimate of drug-likeness (QED) is 0.739. The molecule has 9 heteroatoms. The van der Waals surface area contributed by atoms with Gasteiger partial charge in [-0.15, -0.1) is 0 Å². The van der Waals surface area contributed by atoms with Gasteiger partial charge in [0.1, 0.15) is 30.1 Å². The summed E-state index contributed by atoms with van der Waals surface area (Å²) in [5.74, 6) is -0.0320. The Bertz CT molecular complexity index is 898. The molecule has 7 nitrogen and oxygen atoms in total. The van der Waals surface area contributed by atoms with Crippen LogP contribution >= 0.6 is 23.2 Å². The monoisotopic (exact) mass is 453 g/mol. The first-order chi connectivity index (χ1) is 14.4. The third-order valence-corrected chi connectivity index (χ3v) is 5.47.